The molecule has 0 bridgehead atoms. The number of hydrogen-bond donors (Lipinski definition) is 1. The van der Waals surface area contributed by atoms with Crippen molar-refractivity contribution < 1.29 is 9.84 Å². The van der Waals surface area contributed by atoms with Gasteiger partial charge in [0.05, 0.1) is 0 Å². The molecule has 0 saturated carbocycles. The van der Waals surface area contributed by atoms with Crippen LogP contribution in [-0.2, 0) is 4.74 Å². The van der Waals surface area contributed by atoms with Crippen LogP contribution in [0.4, 0.5) is 0 Å². The predicted octanol–water partition coefficient (Wildman–Crippen LogP) is 6.03. The molecular weight excluding hydrogens is 272 g/mol. The molecule has 0 radical (unpaired) electrons. The number of aliphatic hydroxyl groups is 1. The van der Waals surface area contributed by atoms with E-state index in [2.05, 4.69) is 19.1 Å². The maximum Gasteiger partial charge on any atom is 0.0466 e. The summed E-state index contributed by atoms with van der Waals surface area (Å²) in [7, 11) is 0. The van der Waals surface area contributed by atoms with Gasteiger partial charge in [0.15, 0.2) is 0 Å². The Kier molecular flexibility index (Phi) is 20.3. The first-order chi connectivity index (χ1) is 10.9. The highest BCUT2D eigenvalue weighted by atomic mass is 16.5. The smallest absolute Gasteiger partial charge is 0.0466 e. The van der Waals surface area contributed by atoms with E-state index in [1.165, 1.54) is 70.6 Å². The molecule has 132 valence electrons. The monoisotopic (exact) mass is 312 g/mol. The number of rotatable bonds is 18. The summed E-state index contributed by atoms with van der Waals surface area (Å²) >= 11 is 0. The molecule has 2 nitrogen and oxygen atoms in total. The fourth-order valence-electron chi connectivity index (χ4n) is 2.52. The Balaban J connectivity index is 2.99. The first kappa shape index (κ1) is 21.7. The molecule has 0 rings (SSSR count). The van der Waals surface area contributed by atoms with Crippen molar-refractivity contribution in [3.05, 3.63) is 12.2 Å². The summed E-state index contributed by atoms with van der Waals surface area (Å²) in [5, 5.41) is 8.67. The van der Waals surface area contributed by atoms with Gasteiger partial charge >= 0.3 is 0 Å². The van der Waals surface area contributed by atoms with Crippen LogP contribution in [0.25, 0.3) is 0 Å². The molecule has 0 spiro atoms. The third kappa shape index (κ3) is 19.7. The second-order valence-corrected chi connectivity index (χ2v) is 6.27. The van der Waals surface area contributed by atoms with E-state index in [1.54, 1.807) is 0 Å². The number of allylic oxidation sites excluding steroid dienone is 2. The van der Waals surface area contributed by atoms with Gasteiger partial charge in [-0.15, -0.1) is 0 Å². The van der Waals surface area contributed by atoms with Crippen molar-refractivity contribution in [1.29, 1.82) is 0 Å². The summed E-state index contributed by atoms with van der Waals surface area (Å²) in [6, 6.07) is 0. The third-order valence-electron chi connectivity index (χ3n) is 4.00. The average Bonchev–Trinajstić information content (AvgIpc) is 2.54. The molecule has 0 amide bonds. The Hall–Kier alpha value is -0.340. The predicted molar refractivity (Wildman–Crippen MR) is 97.4 cm³/mol. The fourth-order valence-corrected chi connectivity index (χ4v) is 2.52. The van der Waals surface area contributed by atoms with E-state index in [-0.39, 0.29) is 0 Å². The molecule has 0 aromatic heterocycles. The summed E-state index contributed by atoms with van der Waals surface area (Å²) in [5.74, 6) is 0. The molecule has 0 heterocycles. The van der Waals surface area contributed by atoms with Gasteiger partial charge in [0.1, 0.15) is 0 Å². The van der Waals surface area contributed by atoms with Crippen LogP contribution in [0.1, 0.15) is 96.8 Å². The maximum atomic E-state index is 8.67. The van der Waals surface area contributed by atoms with E-state index in [0.29, 0.717) is 6.61 Å². The Bertz CT molecular complexity index is 214. The molecule has 0 atom stereocenters. The topological polar surface area (TPSA) is 29.5 Å². The van der Waals surface area contributed by atoms with Crippen LogP contribution in [0.2, 0.25) is 0 Å². The molecule has 0 aliphatic heterocycles. The number of unbranched alkanes of at least 4 members (excludes halogenated alkanes) is 11. The van der Waals surface area contributed by atoms with Crippen molar-refractivity contribution in [2.45, 2.75) is 96.8 Å². The number of ether oxygens (including phenoxy) is 1. The van der Waals surface area contributed by atoms with Crippen LogP contribution < -0.4 is 0 Å². The highest BCUT2D eigenvalue weighted by Crippen LogP contribution is 2.08. The largest absolute Gasteiger partial charge is 0.396 e. The summed E-state index contributed by atoms with van der Waals surface area (Å²) in [5.41, 5.74) is 0. The van der Waals surface area contributed by atoms with Crippen molar-refractivity contribution in [3.8, 4) is 0 Å². The SMILES string of the molecule is CCCCCCOCCCCCCCC/C=C\CCCCO. The van der Waals surface area contributed by atoms with Crippen LogP contribution in [0.5, 0.6) is 0 Å². The van der Waals surface area contributed by atoms with Crippen molar-refractivity contribution in [2.75, 3.05) is 19.8 Å². The van der Waals surface area contributed by atoms with Crippen molar-refractivity contribution in [2.24, 2.45) is 0 Å². The van der Waals surface area contributed by atoms with Crippen LogP contribution in [0, 0.1) is 0 Å². The second kappa shape index (κ2) is 20.7. The molecule has 0 aromatic rings. The van der Waals surface area contributed by atoms with Crippen LogP contribution in [0.3, 0.4) is 0 Å². The van der Waals surface area contributed by atoms with Crippen molar-refractivity contribution in [3.63, 3.8) is 0 Å². The summed E-state index contributed by atoms with van der Waals surface area (Å²) < 4.78 is 5.66. The molecule has 0 aliphatic rings. The lowest BCUT2D eigenvalue weighted by Crippen LogP contribution is -1.97. The van der Waals surface area contributed by atoms with Crippen LogP contribution in [0.15, 0.2) is 12.2 Å². The van der Waals surface area contributed by atoms with Crippen LogP contribution >= 0.6 is 0 Å². The van der Waals surface area contributed by atoms with Gasteiger partial charge in [-0.3, -0.25) is 0 Å². The lowest BCUT2D eigenvalue weighted by atomic mass is 10.1. The minimum Gasteiger partial charge on any atom is -0.396 e. The minimum atomic E-state index is 0.331. The van der Waals surface area contributed by atoms with E-state index in [9.17, 15) is 0 Å². The van der Waals surface area contributed by atoms with Gasteiger partial charge in [-0.1, -0.05) is 64.0 Å². The normalized spacial score (nSPS) is 11.5. The molecule has 22 heavy (non-hydrogen) atoms. The minimum absolute atomic E-state index is 0.331. The van der Waals surface area contributed by atoms with Gasteiger partial charge in [0.25, 0.3) is 0 Å². The molecule has 1 N–H and O–H groups in total. The van der Waals surface area contributed by atoms with Crippen LogP contribution in [-0.4, -0.2) is 24.9 Å². The zero-order chi connectivity index (χ0) is 16.1. The molecule has 0 aromatic carbocycles. The van der Waals surface area contributed by atoms with Gasteiger partial charge in [0.2, 0.25) is 0 Å². The standard InChI is InChI=1S/C20H40O2/c1-2-3-4-16-19-22-20-17-14-12-10-8-6-5-7-9-11-13-15-18-21/h7,9,21H,2-6,8,10-20H2,1H3/b9-7-. The molecular formula is C20H40O2. The zero-order valence-electron chi connectivity index (χ0n) is 15.0. The first-order valence-electron chi connectivity index (χ1n) is 9.75. The van der Waals surface area contributed by atoms with Gasteiger partial charge in [-0.05, 0) is 44.9 Å². The molecule has 0 unspecified atom stereocenters. The number of hydrogen-bond acceptors (Lipinski definition) is 2. The van der Waals surface area contributed by atoms with Gasteiger partial charge in [-0.2, -0.15) is 0 Å². The molecule has 0 saturated heterocycles. The lowest BCUT2D eigenvalue weighted by molar-refractivity contribution is 0.125. The Morgan fingerprint density at radius 1 is 0.636 bits per heavy atom. The van der Waals surface area contributed by atoms with E-state index in [1.807, 2.05) is 0 Å². The molecule has 0 fully saturated rings. The Labute approximate surface area is 139 Å². The highest BCUT2D eigenvalue weighted by Gasteiger charge is 1.93. The Morgan fingerprint density at radius 3 is 1.73 bits per heavy atom. The van der Waals surface area contributed by atoms with E-state index in [4.69, 9.17) is 9.84 Å². The van der Waals surface area contributed by atoms with Gasteiger partial charge in [-0.25, -0.2) is 0 Å². The first-order valence-corrected chi connectivity index (χ1v) is 9.75. The van der Waals surface area contributed by atoms with Gasteiger partial charge < -0.3 is 9.84 Å². The summed E-state index contributed by atoms with van der Waals surface area (Å²) in [6.07, 6.45) is 22.2. The second-order valence-electron chi connectivity index (χ2n) is 6.27. The lowest BCUT2D eigenvalue weighted by Gasteiger charge is -2.04. The van der Waals surface area contributed by atoms with Gasteiger partial charge in [0, 0.05) is 19.8 Å². The highest BCUT2D eigenvalue weighted by molar-refractivity contribution is 4.81. The van der Waals surface area contributed by atoms with Crippen molar-refractivity contribution in [1.82, 2.24) is 0 Å². The van der Waals surface area contributed by atoms with E-state index >= 15 is 0 Å². The average molecular weight is 313 g/mol. The van der Waals surface area contributed by atoms with E-state index in [0.717, 1.165) is 32.5 Å². The Morgan fingerprint density at radius 2 is 1.14 bits per heavy atom. The molecule has 2 heteroatoms. The summed E-state index contributed by atoms with van der Waals surface area (Å²) in [4.78, 5) is 0. The zero-order valence-corrected chi connectivity index (χ0v) is 15.0. The number of aliphatic hydroxyl groups excluding tert-OH is 1. The quantitative estimate of drug-likeness (QED) is 0.247. The van der Waals surface area contributed by atoms with Crippen molar-refractivity contribution >= 4 is 0 Å². The third-order valence-corrected chi connectivity index (χ3v) is 4.00. The fraction of sp³-hybridized carbons (Fsp3) is 0.900. The summed E-state index contributed by atoms with van der Waals surface area (Å²) in [6.45, 7) is 4.50. The van der Waals surface area contributed by atoms with E-state index < -0.39 is 0 Å². The maximum absolute atomic E-state index is 8.67. The molecule has 0 aliphatic carbocycles.